The van der Waals surface area contributed by atoms with Gasteiger partial charge >= 0.3 is 0 Å². The SMILES string of the molecule is NC(=O)c1ccc2sc(C3CCOCC3)cc2n1. The topological polar surface area (TPSA) is 65.2 Å². The number of carbonyl (C=O) groups excluding carboxylic acids is 1. The fourth-order valence-corrected chi connectivity index (χ4v) is 3.44. The largest absolute Gasteiger partial charge is 0.381 e. The summed E-state index contributed by atoms with van der Waals surface area (Å²) in [6, 6.07) is 5.70. The maximum atomic E-state index is 11.1. The van der Waals surface area contributed by atoms with Gasteiger partial charge in [-0.15, -0.1) is 11.3 Å². The second-order valence-corrected chi connectivity index (χ2v) is 5.59. The number of rotatable bonds is 2. The average Bonchev–Trinajstić information content (AvgIpc) is 2.82. The molecule has 0 aliphatic carbocycles. The summed E-state index contributed by atoms with van der Waals surface area (Å²) < 4.78 is 6.49. The van der Waals surface area contributed by atoms with Crippen LogP contribution in [0.5, 0.6) is 0 Å². The Hall–Kier alpha value is -1.46. The van der Waals surface area contributed by atoms with Crippen molar-refractivity contribution in [1.29, 1.82) is 0 Å². The van der Waals surface area contributed by atoms with Crippen LogP contribution in [0.4, 0.5) is 0 Å². The van der Waals surface area contributed by atoms with E-state index < -0.39 is 5.91 Å². The highest BCUT2D eigenvalue weighted by Gasteiger charge is 2.18. The highest BCUT2D eigenvalue weighted by molar-refractivity contribution is 7.19. The molecule has 2 aromatic heterocycles. The number of pyridine rings is 1. The lowest BCUT2D eigenvalue weighted by Crippen LogP contribution is -2.13. The molecular formula is C13H14N2O2S. The number of amides is 1. The maximum Gasteiger partial charge on any atom is 0.267 e. The van der Waals surface area contributed by atoms with E-state index in [0.29, 0.717) is 11.6 Å². The number of fused-ring (bicyclic) bond motifs is 1. The van der Waals surface area contributed by atoms with E-state index in [4.69, 9.17) is 10.5 Å². The molecule has 1 saturated heterocycles. The first-order valence-corrected chi connectivity index (χ1v) is 6.84. The van der Waals surface area contributed by atoms with Gasteiger partial charge in [0.2, 0.25) is 0 Å². The number of nitrogens with two attached hydrogens (primary N) is 1. The van der Waals surface area contributed by atoms with Gasteiger partial charge in [-0.25, -0.2) is 4.98 Å². The van der Waals surface area contributed by atoms with E-state index >= 15 is 0 Å². The molecule has 94 valence electrons. The van der Waals surface area contributed by atoms with Gasteiger partial charge in [0.25, 0.3) is 5.91 Å². The summed E-state index contributed by atoms with van der Waals surface area (Å²) >= 11 is 1.75. The first-order chi connectivity index (χ1) is 8.74. The summed E-state index contributed by atoms with van der Waals surface area (Å²) in [6.07, 6.45) is 2.13. The van der Waals surface area contributed by atoms with Gasteiger partial charge in [-0.3, -0.25) is 4.79 Å². The number of hydrogen-bond acceptors (Lipinski definition) is 4. The molecule has 1 aliphatic rings. The molecule has 4 nitrogen and oxygen atoms in total. The maximum absolute atomic E-state index is 11.1. The molecule has 1 amide bonds. The minimum atomic E-state index is -0.476. The number of primary amides is 1. The van der Waals surface area contributed by atoms with Gasteiger partial charge in [0, 0.05) is 18.1 Å². The van der Waals surface area contributed by atoms with Crippen LogP contribution in [0.1, 0.15) is 34.1 Å². The fraction of sp³-hybridized carbons (Fsp3) is 0.385. The Kier molecular flexibility index (Phi) is 3.01. The summed E-state index contributed by atoms with van der Waals surface area (Å²) in [6.45, 7) is 1.66. The summed E-state index contributed by atoms with van der Waals surface area (Å²) in [5, 5.41) is 0. The molecule has 0 saturated carbocycles. The standard InChI is InChI=1S/C13H14N2O2S/c14-13(16)9-1-2-11-10(15-9)7-12(18-11)8-3-5-17-6-4-8/h1-2,7-8H,3-6H2,(H2,14,16). The van der Waals surface area contributed by atoms with Crippen molar-refractivity contribution in [1.82, 2.24) is 4.98 Å². The van der Waals surface area contributed by atoms with Crippen LogP contribution in [-0.2, 0) is 4.74 Å². The minimum Gasteiger partial charge on any atom is -0.381 e. The van der Waals surface area contributed by atoms with Crippen molar-refractivity contribution in [2.75, 3.05) is 13.2 Å². The molecule has 0 spiro atoms. The third-order valence-corrected chi connectivity index (χ3v) is 4.52. The van der Waals surface area contributed by atoms with Gasteiger partial charge in [0.05, 0.1) is 10.2 Å². The molecule has 0 bridgehead atoms. The summed E-state index contributed by atoms with van der Waals surface area (Å²) in [5.41, 5.74) is 6.45. The monoisotopic (exact) mass is 262 g/mol. The second kappa shape index (κ2) is 4.66. The zero-order valence-corrected chi connectivity index (χ0v) is 10.7. The Labute approximate surface area is 109 Å². The molecule has 2 N–H and O–H groups in total. The van der Waals surface area contributed by atoms with E-state index in [1.807, 2.05) is 6.07 Å². The zero-order chi connectivity index (χ0) is 12.5. The van der Waals surface area contributed by atoms with E-state index in [2.05, 4.69) is 11.1 Å². The van der Waals surface area contributed by atoms with Crippen molar-refractivity contribution in [3.05, 3.63) is 28.8 Å². The highest BCUT2D eigenvalue weighted by Crippen LogP contribution is 2.35. The third kappa shape index (κ3) is 2.11. The van der Waals surface area contributed by atoms with Crippen molar-refractivity contribution in [2.24, 2.45) is 5.73 Å². The van der Waals surface area contributed by atoms with E-state index in [1.54, 1.807) is 17.4 Å². The van der Waals surface area contributed by atoms with Crippen molar-refractivity contribution in [2.45, 2.75) is 18.8 Å². The molecular weight excluding hydrogens is 248 g/mol. The normalized spacial score (nSPS) is 17.1. The lowest BCUT2D eigenvalue weighted by atomic mass is 9.99. The molecule has 1 fully saturated rings. The predicted molar refractivity (Wildman–Crippen MR) is 70.9 cm³/mol. The van der Waals surface area contributed by atoms with Crippen LogP contribution in [0.15, 0.2) is 18.2 Å². The van der Waals surface area contributed by atoms with Gasteiger partial charge in [-0.05, 0) is 37.0 Å². The lowest BCUT2D eigenvalue weighted by molar-refractivity contribution is 0.0860. The van der Waals surface area contributed by atoms with E-state index in [-0.39, 0.29) is 0 Å². The number of ether oxygens (including phenoxy) is 1. The van der Waals surface area contributed by atoms with Gasteiger partial charge < -0.3 is 10.5 Å². The number of nitrogens with zero attached hydrogens (tertiary/aromatic N) is 1. The van der Waals surface area contributed by atoms with E-state index in [0.717, 1.165) is 36.3 Å². The Bertz CT molecular complexity index is 588. The second-order valence-electron chi connectivity index (χ2n) is 4.48. The van der Waals surface area contributed by atoms with E-state index in [1.165, 1.54) is 4.88 Å². The molecule has 5 heteroatoms. The first kappa shape index (κ1) is 11.6. The Morgan fingerprint density at radius 2 is 2.17 bits per heavy atom. The van der Waals surface area contributed by atoms with Gasteiger partial charge in [0.1, 0.15) is 5.69 Å². The number of carbonyl (C=O) groups is 1. The lowest BCUT2D eigenvalue weighted by Gasteiger charge is -2.20. The molecule has 0 aromatic carbocycles. The Morgan fingerprint density at radius 1 is 1.39 bits per heavy atom. The molecule has 0 atom stereocenters. The minimum absolute atomic E-state index is 0.332. The Balaban J connectivity index is 1.97. The number of thiophene rings is 1. The van der Waals surface area contributed by atoms with E-state index in [9.17, 15) is 4.79 Å². The van der Waals surface area contributed by atoms with Crippen LogP contribution in [0.3, 0.4) is 0 Å². The van der Waals surface area contributed by atoms with Crippen molar-refractivity contribution in [3.8, 4) is 0 Å². The van der Waals surface area contributed by atoms with Crippen molar-refractivity contribution < 1.29 is 9.53 Å². The summed E-state index contributed by atoms with van der Waals surface area (Å²) in [5.74, 6) is 0.0886. The Morgan fingerprint density at radius 3 is 2.89 bits per heavy atom. The molecule has 2 aromatic rings. The van der Waals surface area contributed by atoms with Crippen LogP contribution >= 0.6 is 11.3 Å². The molecule has 0 unspecified atom stereocenters. The highest BCUT2D eigenvalue weighted by atomic mass is 32.1. The number of aromatic nitrogens is 1. The quantitative estimate of drug-likeness (QED) is 0.903. The third-order valence-electron chi connectivity index (χ3n) is 3.27. The van der Waals surface area contributed by atoms with Crippen LogP contribution in [0.2, 0.25) is 0 Å². The van der Waals surface area contributed by atoms with Crippen LogP contribution in [0.25, 0.3) is 10.2 Å². The first-order valence-electron chi connectivity index (χ1n) is 6.02. The summed E-state index contributed by atoms with van der Waals surface area (Å²) in [4.78, 5) is 16.7. The molecule has 0 radical (unpaired) electrons. The molecule has 3 rings (SSSR count). The molecule has 18 heavy (non-hydrogen) atoms. The molecule has 3 heterocycles. The van der Waals surface area contributed by atoms with Crippen molar-refractivity contribution in [3.63, 3.8) is 0 Å². The fourth-order valence-electron chi connectivity index (χ4n) is 2.26. The van der Waals surface area contributed by atoms with Crippen LogP contribution < -0.4 is 5.73 Å². The van der Waals surface area contributed by atoms with Crippen LogP contribution in [-0.4, -0.2) is 24.1 Å². The smallest absolute Gasteiger partial charge is 0.267 e. The number of hydrogen-bond donors (Lipinski definition) is 1. The molecule has 1 aliphatic heterocycles. The van der Waals surface area contributed by atoms with Gasteiger partial charge in [-0.1, -0.05) is 0 Å². The predicted octanol–water partition coefficient (Wildman–Crippen LogP) is 2.29. The van der Waals surface area contributed by atoms with Gasteiger partial charge in [-0.2, -0.15) is 0 Å². The average molecular weight is 262 g/mol. The van der Waals surface area contributed by atoms with Crippen molar-refractivity contribution >= 4 is 27.5 Å². The zero-order valence-electron chi connectivity index (χ0n) is 9.89. The summed E-state index contributed by atoms with van der Waals surface area (Å²) in [7, 11) is 0. The van der Waals surface area contributed by atoms with Crippen LogP contribution in [0, 0.1) is 0 Å². The van der Waals surface area contributed by atoms with Gasteiger partial charge in [0.15, 0.2) is 0 Å².